The number of unbranched alkanes of at least 4 members (excludes halogenated alkanes) is 16. The van der Waals surface area contributed by atoms with Crippen LogP contribution in [-0.4, -0.2) is 15.2 Å². The van der Waals surface area contributed by atoms with Crippen molar-refractivity contribution in [2.45, 2.75) is 140 Å². The maximum absolute atomic E-state index is 2.30. The fourth-order valence-corrected chi connectivity index (χ4v) is 4.79. The molecule has 0 atom stereocenters. The van der Waals surface area contributed by atoms with E-state index in [1.54, 1.807) is 10.6 Å². The second kappa shape index (κ2) is 22.5. The van der Waals surface area contributed by atoms with Crippen LogP contribution in [-0.2, 0) is 0 Å². The van der Waals surface area contributed by atoms with Gasteiger partial charge in [0.05, 0.1) is 0 Å². The van der Waals surface area contributed by atoms with Crippen molar-refractivity contribution in [2.24, 2.45) is 0 Å². The summed E-state index contributed by atoms with van der Waals surface area (Å²) in [5, 5.41) is 3.15. The van der Waals surface area contributed by atoms with Gasteiger partial charge in [-0.3, -0.25) is 0 Å². The van der Waals surface area contributed by atoms with E-state index in [0.717, 1.165) is 15.2 Å². The van der Waals surface area contributed by atoms with Crippen molar-refractivity contribution in [3.05, 3.63) is 0 Å². The molecule has 0 aromatic heterocycles. The van der Waals surface area contributed by atoms with E-state index in [4.69, 9.17) is 0 Å². The standard InChI is InChI=1S/2C11H23.Al/c2*1-3-5-7-9-11-10-8-6-4-2;/h2*1,3-11H2,2H3;/q;;+1. The first-order chi connectivity index (χ1) is 11.4. The Hall–Kier alpha value is 0.532. The van der Waals surface area contributed by atoms with Gasteiger partial charge < -0.3 is 0 Å². The zero-order valence-corrected chi connectivity index (χ0v) is 17.9. The molecule has 0 spiro atoms. The molecule has 0 heterocycles. The van der Waals surface area contributed by atoms with Gasteiger partial charge in [0.1, 0.15) is 0 Å². The Morgan fingerprint density at radius 1 is 0.348 bits per heavy atom. The van der Waals surface area contributed by atoms with Crippen molar-refractivity contribution in [1.82, 2.24) is 0 Å². The molecular weight excluding hydrogens is 291 g/mol. The second-order valence-corrected chi connectivity index (χ2v) is 9.25. The SMILES string of the molecule is CCCCCCCCCC[CH2][Al+][CH2]CCCCCCCCCC. The van der Waals surface area contributed by atoms with Crippen molar-refractivity contribution < 1.29 is 0 Å². The molecule has 23 heavy (non-hydrogen) atoms. The number of hydrogen-bond donors (Lipinski definition) is 0. The van der Waals surface area contributed by atoms with Gasteiger partial charge >= 0.3 is 155 Å². The van der Waals surface area contributed by atoms with Crippen LogP contribution in [0.4, 0.5) is 0 Å². The quantitative estimate of drug-likeness (QED) is 0.154. The van der Waals surface area contributed by atoms with Crippen LogP contribution in [0.1, 0.15) is 129 Å². The van der Waals surface area contributed by atoms with Gasteiger partial charge in [-0.1, -0.05) is 0 Å². The summed E-state index contributed by atoms with van der Waals surface area (Å²) in [6.45, 7) is 4.61. The molecule has 0 aliphatic rings. The van der Waals surface area contributed by atoms with Crippen LogP contribution < -0.4 is 0 Å². The van der Waals surface area contributed by atoms with Crippen molar-refractivity contribution in [3.63, 3.8) is 0 Å². The normalized spacial score (nSPS) is 10.9. The molecule has 0 aliphatic carbocycles. The third-order valence-corrected chi connectivity index (χ3v) is 6.66. The molecule has 0 rings (SSSR count). The summed E-state index contributed by atoms with van der Waals surface area (Å²) >= 11 is 0.783. The third kappa shape index (κ3) is 22.5. The predicted molar refractivity (Wildman–Crippen MR) is 110 cm³/mol. The molecule has 0 amide bonds. The Bertz CT molecular complexity index is 170. The summed E-state index contributed by atoms with van der Waals surface area (Å²) in [5.41, 5.74) is 0. The molecule has 0 fully saturated rings. The average molecular weight is 338 g/mol. The van der Waals surface area contributed by atoms with E-state index in [1.165, 1.54) is 116 Å². The van der Waals surface area contributed by atoms with Gasteiger partial charge in [0, 0.05) is 0 Å². The Balaban J connectivity index is 2.92. The van der Waals surface area contributed by atoms with Crippen LogP contribution in [0.3, 0.4) is 0 Å². The average Bonchev–Trinajstić information content (AvgIpc) is 2.57. The molecule has 0 radical (unpaired) electrons. The Labute approximate surface area is 155 Å². The van der Waals surface area contributed by atoms with E-state index in [1.807, 2.05) is 0 Å². The Morgan fingerprint density at radius 2 is 0.609 bits per heavy atom. The summed E-state index contributed by atoms with van der Waals surface area (Å²) in [6.07, 6.45) is 26.6. The molecule has 136 valence electrons. The molecule has 0 aromatic carbocycles. The molecular formula is C22H46Al+. The molecule has 0 aliphatic heterocycles. The van der Waals surface area contributed by atoms with E-state index in [-0.39, 0.29) is 0 Å². The molecule has 0 aromatic rings. The van der Waals surface area contributed by atoms with Crippen LogP contribution in [0.25, 0.3) is 0 Å². The zero-order chi connectivity index (χ0) is 16.8. The number of rotatable bonds is 20. The first kappa shape index (κ1) is 23.5. The summed E-state index contributed by atoms with van der Waals surface area (Å²) in [7, 11) is 0. The van der Waals surface area contributed by atoms with Crippen molar-refractivity contribution in [1.29, 1.82) is 0 Å². The summed E-state index contributed by atoms with van der Waals surface area (Å²) in [4.78, 5) is 0. The fraction of sp³-hybridized carbons (Fsp3) is 1.00. The van der Waals surface area contributed by atoms with Crippen LogP contribution in [0.5, 0.6) is 0 Å². The van der Waals surface area contributed by atoms with Crippen LogP contribution >= 0.6 is 0 Å². The summed E-state index contributed by atoms with van der Waals surface area (Å²) < 4.78 is 0. The van der Waals surface area contributed by atoms with E-state index >= 15 is 0 Å². The van der Waals surface area contributed by atoms with Crippen molar-refractivity contribution >= 4 is 15.2 Å². The zero-order valence-electron chi connectivity index (χ0n) is 16.7. The van der Waals surface area contributed by atoms with E-state index < -0.39 is 0 Å². The molecule has 0 bridgehead atoms. The Kier molecular flexibility index (Phi) is 23.1. The maximum atomic E-state index is 2.30. The summed E-state index contributed by atoms with van der Waals surface area (Å²) in [5.74, 6) is 0. The van der Waals surface area contributed by atoms with Crippen molar-refractivity contribution in [3.8, 4) is 0 Å². The monoisotopic (exact) mass is 337 g/mol. The first-order valence-electron chi connectivity index (χ1n) is 11.2. The number of hydrogen-bond acceptors (Lipinski definition) is 0. The van der Waals surface area contributed by atoms with Gasteiger partial charge in [0.2, 0.25) is 0 Å². The third-order valence-electron chi connectivity index (χ3n) is 5.02. The van der Waals surface area contributed by atoms with Gasteiger partial charge in [-0.25, -0.2) is 0 Å². The first-order valence-corrected chi connectivity index (χ1v) is 12.9. The topological polar surface area (TPSA) is 0 Å². The molecule has 0 N–H and O–H groups in total. The summed E-state index contributed by atoms with van der Waals surface area (Å²) in [6, 6.07) is 0. The predicted octanol–water partition coefficient (Wildman–Crippen LogP) is 8.59. The van der Waals surface area contributed by atoms with E-state index in [9.17, 15) is 0 Å². The van der Waals surface area contributed by atoms with Crippen LogP contribution in [0.2, 0.25) is 10.6 Å². The molecule has 0 saturated heterocycles. The molecule has 0 nitrogen and oxygen atoms in total. The van der Waals surface area contributed by atoms with Crippen LogP contribution in [0.15, 0.2) is 0 Å². The van der Waals surface area contributed by atoms with Gasteiger partial charge in [-0.15, -0.1) is 0 Å². The van der Waals surface area contributed by atoms with Crippen LogP contribution in [0, 0.1) is 0 Å². The van der Waals surface area contributed by atoms with Gasteiger partial charge in [-0.2, -0.15) is 0 Å². The van der Waals surface area contributed by atoms with Crippen molar-refractivity contribution in [2.75, 3.05) is 0 Å². The van der Waals surface area contributed by atoms with Gasteiger partial charge in [-0.05, 0) is 0 Å². The van der Waals surface area contributed by atoms with E-state index in [2.05, 4.69) is 13.8 Å². The van der Waals surface area contributed by atoms with E-state index in [0.29, 0.717) is 0 Å². The minimum absolute atomic E-state index is 0.783. The second-order valence-electron chi connectivity index (χ2n) is 7.52. The van der Waals surface area contributed by atoms with Gasteiger partial charge in [0.15, 0.2) is 0 Å². The molecule has 1 heteroatoms. The fourth-order valence-electron chi connectivity index (χ4n) is 3.34. The molecule has 0 saturated carbocycles. The Morgan fingerprint density at radius 3 is 0.913 bits per heavy atom. The molecule has 0 unspecified atom stereocenters. The minimum atomic E-state index is 0.783. The van der Waals surface area contributed by atoms with Gasteiger partial charge in [0.25, 0.3) is 0 Å².